The third-order valence-corrected chi connectivity index (χ3v) is 6.34. The molecule has 1 rings (SSSR count). The van der Waals surface area contributed by atoms with Gasteiger partial charge in [-0.15, -0.1) is 0 Å². The van der Waals surface area contributed by atoms with E-state index in [0.717, 1.165) is 0 Å². The van der Waals surface area contributed by atoms with E-state index in [4.69, 9.17) is 0 Å². The second-order valence-electron chi connectivity index (χ2n) is 5.06. The Bertz CT molecular complexity index is 591. The molecule has 0 bridgehead atoms. The Kier molecular flexibility index (Phi) is 6.65. The lowest BCUT2D eigenvalue weighted by Crippen LogP contribution is -2.37. The van der Waals surface area contributed by atoms with Gasteiger partial charge in [0.15, 0.2) is 0 Å². The first-order valence-corrected chi connectivity index (χ1v) is 9.49. The third kappa shape index (κ3) is 4.18. The van der Waals surface area contributed by atoms with Gasteiger partial charge in [-0.25, -0.2) is 12.8 Å². The van der Waals surface area contributed by atoms with Crippen molar-refractivity contribution in [2.75, 3.05) is 26.1 Å². The number of halogens is 1. The van der Waals surface area contributed by atoms with Crippen LogP contribution in [0.1, 0.15) is 18.1 Å². The van der Waals surface area contributed by atoms with Crippen molar-refractivity contribution in [1.82, 2.24) is 9.62 Å². The Labute approximate surface area is 131 Å². The number of benzene rings is 1. The maximum absolute atomic E-state index is 14.0. The molecule has 1 atom stereocenters. The van der Waals surface area contributed by atoms with Gasteiger partial charge < -0.3 is 5.32 Å². The van der Waals surface area contributed by atoms with Gasteiger partial charge in [-0.05, 0) is 44.8 Å². The van der Waals surface area contributed by atoms with Crippen LogP contribution < -0.4 is 5.32 Å². The summed E-state index contributed by atoms with van der Waals surface area (Å²) in [5.74, 6) is 0.195. The van der Waals surface area contributed by atoms with Gasteiger partial charge in [-0.1, -0.05) is 0 Å². The Balaban J connectivity index is 3.30. The molecule has 1 unspecified atom stereocenters. The van der Waals surface area contributed by atoms with E-state index in [-0.39, 0.29) is 16.5 Å². The van der Waals surface area contributed by atoms with Gasteiger partial charge in [0.05, 0.1) is 4.90 Å². The van der Waals surface area contributed by atoms with E-state index < -0.39 is 15.8 Å². The van der Waals surface area contributed by atoms with Crippen LogP contribution in [0, 0.1) is 12.7 Å². The minimum Gasteiger partial charge on any atom is -0.316 e. The van der Waals surface area contributed by atoms with Crippen molar-refractivity contribution in [3.8, 4) is 0 Å². The molecule has 7 heteroatoms. The highest BCUT2D eigenvalue weighted by Crippen LogP contribution is 2.25. The zero-order valence-electron chi connectivity index (χ0n) is 13.1. The average Bonchev–Trinajstić information content (AvgIpc) is 2.42. The van der Waals surface area contributed by atoms with Crippen molar-refractivity contribution < 1.29 is 12.8 Å². The minimum absolute atomic E-state index is 0.0446. The molecule has 0 fully saturated rings. The first-order chi connectivity index (χ1) is 9.75. The SMILES string of the molecule is CNCc1cc(F)c(C)c(S(=O)(=O)N(C)C(C)CSC)c1. The molecule has 0 spiro atoms. The Morgan fingerprint density at radius 3 is 2.57 bits per heavy atom. The predicted octanol–water partition coefficient (Wildman–Crippen LogP) is 2.23. The van der Waals surface area contributed by atoms with Crippen LogP contribution in [0.15, 0.2) is 17.0 Å². The highest BCUT2D eigenvalue weighted by atomic mass is 32.2. The van der Waals surface area contributed by atoms with E-state index >= 15 is 0 Å². The Morgan fingerprint density at radius 1 is 1.43 bits per heavy atom. The summed E-state index contributed by atoms with van der Waals surface area (Å²) in [6, 6.07) is 2.77. The summed E-state index contributed by atoms with van der Waals surface area (Å²) < 4.78 is 40.7. The summed E-state index contributed by atoms with van der Waals surface area (Å²) in [7, 11) is -0.427. The number of hydrogen-bond acceptors (Lipinski definition) is 4. The monoisotopic (exact) mass is 334 g/mol. The summed E-state index contributed by atoms with van der Waals surface area (Å²) >= 11 is 1.58. The fourth-order valence-corrected chi connectivity index (χ4v) is 4.46. The Morgan fingerprint density at radius 2 is 2.05 bits per heavy atom. The second kappa shape index (κ2) is 7.58. The van der Waals surface area contributed by atoms with E-state index in [1.165, 1.54) is 24.3 Å². The number of sulfonamides is 1. The van der Waals surface area contributed by atoms with Crippen LogP contribution in [0.5, 0.6) is 0 Å². The molecule has 0 aromatic heterocycles. The topological polar surface area (TPSA) is 49.4 Å². The molecule has 4 nitrogen and oxygen atoms in total. The van der Waals surface area contributed by atoms with Gasteiger partial charge in [0, 0.05) is 31.0 Å². The second-order valence-corrected chi connectivity index (χ2v) is 7.93. The van der Waals surface area contributed by atoms with Crippen LogP contribution in [0.2, 0.25) is 0 Å². The van der Waals surface area contributed by atoms with Crippen LogP contribution in [0.25, 0.3) is 0 Å². The standard InChI is InChI=1S/C14H23FN2O2S2/c1-10(9-20-5)17(4)21(18,19)14-7-12(8-16-3)6-13(15)11(14)2/h6-7,10,16H,8-9H2,1-5H3. The van der Waals surface area contributed by atoms with Gasteiger partial charge in [-0.3, -0.25) is 0 Å². The van der Waals surface area contributed by atoms with Crippen LogP contribution in [0.3, 0.4) is 0 Å². The summed E-state index contributed by atoms with van der Waals surface area (Å²) in [5.41, 5.74) is 0.781. The van der Waals surface area contributed by atoms with E-state index in [1.54, 1.807) is 24.9 Å². The molecule has 0 aliphatic carbocycles. The van der Waals surface area contributed by atoms with Crippen molar-refractivity contribution >= 4 is 21.8 Å². The number of hydrogen-bond donors (Lipinski definition) is 1. The molecule has 0 amide bonds. The highest BCUT2D eigenvalue weighted by Gasteiger charge is 2.28. The predicted molar refractivity (Wildman–Crippen MR) is 86.7 cm³/mol. The molecular formula is C14H23FN2O2S2. The molecule has 0 heterocycles. The highest BCUT2D eigenvalue weighted by molar-refractivity contribution is 7.98. The fourth-order valence-electron chi connectivity index (χ4n) is 2.02. The summed E-state index contributed by atoms with van der Waals surface area (Å²) in [6.07, 6.45) is 1.93. The van der Waals surface area contributed by atoms with Gasteiger partial charge in [0.1, 0.15) is 5.82 Å². The van der Waals surface area contributed by atoms with Crippen LogP contribution in [0.4, 0.5) is 4.39 Å². The van der Waals surface area contributed by atoms with E-state index in [9.17, 15) is 12.8 Å². The number of nitrogens with zero attached hydrogens (tertiary/aromatic N) is 1. The molecule has 0 aliphatic heterocycles. The molecular weight excluding hydrogens is 311 g/mol. The van der Waals surface area contributed by atoms with Crippen molar-refractivity contribution in [3.63, 3.8) is 0 Å². The summed E-state index contributed by atoms with van der Waals surface area (Å²) in [5, 5.41) is 2.90. The lowest BCUT2D eigenvalue weighted by molar-refractivity contribution is 0.414. The molecule has 0 saturated carbocycles. The van der Waals surface area contributed by atoms with E-state index in [0.29, 0.717) is 17.9 Å². The maximum Gasteiger partial charge on any atom is 0.243 e. The van der Waals surface area contributed by atoms with Crippen molar-refractivity contribution in [2.45, 2.75) is 31.3 Å². The zero-order chi connectivity index (χ0) is 16.2. The largest absolute Gasteiger partial charge is 0.316 e. The van der Waals surface area contributed by atoms with Gasteiger partial charge in [0.2, 0.25) is 10.0 Å². The molecule has 21 heavy (non-hydrogen) atoms. The average molecular weight is 334 g/mol. The van der Waals surface area contributed by atoms with Gasteiger partial charge in [0.25, 0.3) is 0 Å². The van der Waals surface area contributed by atoms with E-state index in [1.807, 2.05) is 13.2 Å². The quantitative estimate of drug-likeness (QED) is 0.831. The lowest BCUT2D eigenvalue weighted by atomic mass is 10.1. The van der Waals surface area contributed by atoms with Crippen molar-refractivity contribution in [3.05, 3.63) is 29.1 Å². The summed E-state index contributed by atoms with van der Waals surface area (Å²) in [6.45, 7) is 3.76. The number of nitrogens with one attached hydrogen (secondary N) is 1. The fraction of sp³-hybridized carbons (Fsp3) is 0.571. The molecule has 0 radical (unpaired) electrons. The number of rotatable bonds is 7. The normalized spacial score (nSPS) is 13.7. The molecule has 1 N–H and O–H groups in total. The smallest absolute Gasteiger partial charge is 0.243 e. The molecule has 0 saturated heterocycles. The van der Waals surface area contributed by atoms with Crippen LogP contribution >= 0.6 is 11.8 Å². The van der Waals surface area contributed by atoms with Crippen LogP contribution in [-0.4, -0.2) is 44.9 Å². The zero-order valence-corrected chi connectivity index (χ0v) is 14.7. The summed E-state index contributed by atoms with van der Waals surface area (Å²) in [4.78, 5) is 0.0446. The molecule has 1 aromatic rings. The number of thioether (sulfide) groups is 1. The molecule has 120 valence electrons. The van der Waals surface area contributed by atoms with Crippen molar-refractivity contribution in [2.24, 2.45) is 0 Å². The minimum atomic E-state index is -3.70. The van der Waals surface area contributed by atoms with Gasteiger partial charge >= 0.3 is 0 Å². The maximum atomic E-state index is 14.0. The van der Waals surface area contributed by atoms with Crippen LogP contribution in [-0.2, 0) is 16.6 Å². The molecule has 0 aliphatic rings. The van der Waals surface area contributed by atoms with Crippen molar-refractivity contribution in [1.29, 1.82) is 0 Å². The first kappa shape index (κ1) is 18.4. The van der Waals surface area contributed by atoms with E-state index in [2.05, 4.69) is 5.32 Å². The third-order valence-electron chi connectivity index (χ3n) is 3.42. The Hall–Kier alpha value is -0.630. The molecule has 1 aromatic carbocycles. The van der Waals surface area contributed by atoms with Gasteiger partial charge in [-0.2, -0.15) is 16.1 Å². The first-order valence-electron chi connectivity index (χ1n) is 6.66. The lowest BCUT2D eigenvalue weighted by Gasteiger charge is -2.25.